The first-order valence-corrected chi connectivity index (χ1v) is 5.01. The summed E-state index contributed by atoms with van der Waals surface area (Å²) in [5, 5.41) is 1.95. The van der Waals surface area contributed by atoms with Gasteiger partial charge in [-0.1, -0.05) is 36.9 Å². The Bertz CT molecular complexity index is 254. The summed E-state index contributed by atoms with van der Waals surface area (Å²) in [5.41, 5.74) is 1.37. The number of rotatable bonds is 3. The maximum atomic E-state index is 3.76. The topological polar surface area (TPSA) is 0 Å². The third-order valence-electron chi connectivity index (χ3n) is 1.89. The zero-order chi connectivity index (χ0) is 9.03. The number of benzene rings is 1. The van der Waals surface area contributed by atoms with Crippen LogP contribution in [0, 0.1) is 0 Å². The van der Waals surface area contributed by atoms with Crippen molar-refractivity contribution in [2.75, 3.05) is 0 Å². The van der Waals surface area contributed by atoms with Crippen LogP contribution in [0.15, 0.2) is 42.3 Å². The van der Waals surface area contributed by atoms with E-state index < -0.39 is 0 Å². The smallest absolute Gasteiger partial charge is 0.150 e. The normalized spacial score (nSPS) is 10.3. The molecule has 0 aliphatic carbocycles. The third-order valence-corrected chi connectivity index (χ3v) is 2.98. The minimum absolute atomic E-state index is 0. The second-order valence-electron chi connectivity index (χ2n) is 3.24. The van der Waals surface area contributed by atoms with Crippen molar-refractivity contribution >= 4 is 11.8 Å². The van der Waals surface area contributed by atoms with Crippen molar-refractivity contribution < 1.29 is 12.4 Å². The Balaban J connectivity index is 0.00000144. The van der Waals surface area contributed by atoms with Crippen LogP contribution in [0.4, 0.5) is 0 Å². The van der Waals surface area contributed by atoms with Gasteiger partial charge in [0, 0.05) is 17.3 Å². The number of halogens is 1. The van der Waals surface area contributed by atoms with Crippen molar-refractivity contribution in [3.05, 3.63) is 47.9 Å². The molecule has 0 heterocycles. The molecular weight excluding hydrogens is 200 g/mol. The van der Waals surface area contributed by atoms with E-state index >= 15 is 0 Å². The van der Waals surface area contributed by atoms with Crippen molar-refractivity contribution in [3.8, 4) is 0 Å². The molecule has 0 unspecified atom stereocenters. The molecular formula is C11H15ClS. The van der Waals surface area contributed by atoms with Crippen LogP contribution in [0.1, 0.15) is 19.4 Å². The van der Waals surface area contributed by atoms with Crippen LogP contribution < -0.4 is 12.4 Å². The van der Waals surface area contributed by atoms with E-state index in [0.717, 1.165) is 0 Å². The van der Waals surface area contributed by atoms with E-state index in [1.165, 1.54) is 17.3 Å². The molecule has 13 heavy (non-hydrogen) atoms. The Morgan fingerprint density at radius 2 is 1.77 bits per heavy atom. The van der Waals surface area contributed by atoms with Gasteiger partial charge in [0.1, 0.15) is 10.2 Å². The molecule has 0 aliphatic heterocycles. The van der Waals surface area contributed by atoms with Gasteiger partial charge >= 0.3 is 0 Å². The highest BCUT2D eigenvalue weighted by atomic mass is 35.5. The highest BCUT2D eigenvalue weighted by Crippen LogP contribution is 2.24. The lowest BCUT2D eigenvalue weighted by atomic mass is 10.0. The highest BCUT2D eigenvalue weighted by molar-refractivity contribution is 7.82. The summed E-state index contributed by atoms with van der Waals surface area (Å²) < 4.78 is 0.197. The summed E-state index contributed by atoms with van der Waals surface area (Å²) in [6, 6.07) is 10.5. The predicted octanol–water partition coefficient (Wildman–Crippen LogP) is -0.116. The molecule has 0 spiro atoms. The molecule has 0 saturated heterocycles. The maximum absolute atomic E-state index is 3.76. The van der Waals surface area contributed by atoms with Crippen molar-refractivity contribution in [3.63, 3.8) is 0 Å². The Labute approximate surface area is 90.8 Å². The molecule has 0 bridgehead atoms. The number of hydrogen-bond acceptors (Lipinski definition) is 0. The highest BCUT2D eigenvalue weighted by Gasteiger charge is 2.26. The minimum atomic E-state index is 0. The fraction of sp³-hybridized carbons (Fsp3) is 0.273. The van der Waals surface area contributed by atoms with Crippen LogP contribution in [0.3, 0.4) is 0 Å². The van der Waals surface area contributed by atoms with Gasteiger partial charge in [0.2, 0.25) is 0 Å². The van der Waals surface area contributed by atoms with Crippen LogP contribution >= 0.6 is 0 Å². The van der Waals surface area contributed by atoms with Crippen molar-refractivity contribution in [2.45, 2.75) is 18.6 Å². The van der Waals surface area contributed by atoms with Crippen LogP contribution in [-0.4, -0.2) is 0 Å². The first-order chi connectivity index (χ1) is 5.67. The largest absolute Gasteiger partial charge is 1.00 e. The zero-order valence-electron chi connectivity index (χ0n) is 8.00. The second-order valence-corrected chi connectivity index (χ2v) is 4.98. The molecule has 0 fully saturated rings. The van der Waals surface area contributed by atoms with Gasteiger partial charge in [-0.2, -0.15) is 0 Å². The molecule has 0 N–H and O–H groups in total. The number of hydrogen-bond donors (Lipinski definition) is 0. The van der Waals surface area contributed by atoms with E-state index in [0.29, 0.717) is 0 Å². The van der Waals surface area contributed by atoms with E-state index in [1.807, 2.05) is 11.5 Å². The van der Waals surface area contributed by atoms with Crippen LogP contribution in [-0.2, 0) is 16.5 Å². The second kappa shape index (κ2) is 5.36. The molecule has 0 atom stereocenters. The predicted molar refractivity (Wildman–Crippen MR) is 58.4 cm³/mol. The van der Waals surface area contributed by atoms with E-state index in [2.05, 4.69) is 44.7 Å². The first kappa shape index (κ1) is 12.6. The third kappa shape index (κ3) is 3.45. The molecule has 0 saturated carbocycles. The summed E-state index contributed by atoms with van der Waals surface area (Å²) in [5.74, 6) is 0. The lowest BCUT2D eigenvalue weighted by Gasteiger charge is -2.14. The van der Waals surface area contributed by atoms with Crippen LogP contribution in [0.5, 0.6) is 0 Å². The average molecular weight is 215 g/mol. The van der Waals surface area contributed by atoms with Gasteiger partial charge in [0.05, 0.1) is 0 Å². The molecule has 0 radical (unpaired) electrons. The van der Waals surface area contributed by atoms with Gasteiger partial charge in [0.25, 0.3) is 0 Å². The molecule has 1 aromatic rings. The Kier molecular flexibility index (Phi) is 5.19. The summed E-state index contributed by atoms with van der Waals surface area (Å²) >= 11 is 1.27. The molecule has 1 aromatic carbocycles. The number of thiol groups is 1. The van der Waals surface area contributed by atoms with E-state index in [1.54, 1.807) is 0 Å². The molecule has 0 nitrogen and oxygen atoms in total. The van der Waals surface area contributed by atoms with Gasteiger partial charge in [-0.05, 0) is 13.8 Å². The van der Waals surface area contributed by atoms with Gasteiger partial charge in [0.15, 0.2) is 0 Å². The fourth-order valence-electron chi connectivity index (χ4n) is 1.15. The fourth-order valence-corrected chi connectivity index (χ4v) is 1.90. The Morgan fingerprint density at radius 1 is 1.23 bits per heavy atom. The standard InChI is InChI=1S/C11H14S.ClH/c1-4-12-11(2,3)10-8-6-5-7-9-10;/h4-9H,1H2,2-3H3;1H. The molecule has 1 rings (SSSR count). The lowest BCUT2D eigenvalue weighted by Crippen LogP contribution is -3.00. The quantitative estimate of drug-likeness (QED) is 0.487. The summed E-state index contributed by atoms with van der Waals surface area (Å²) in [4.78, 5) is 0. The van der Waals surface area contributed by atoms with E-state index in [9.17, 15) is 0 Å². The molecule has 0 amide bonds. The van der Waals surface area contributed by atoms with Crippen LogP contribution in [0.2, 0.25) is 0 Å². The summed E-state index contributed by atoms with van der Waals surface area (Å²) in [6.07, 6.45) is 0. The van der Waals surface area contributed by atoms with Gasteiger partial charge < -0.3 is 12.4 Å². The monoisotopic (exact) mass is 214 g/mol. The van der Waals surface area contributed by atoms with Crippen LogP contribution in [0.25, 0.3) is 0 Å². The Hall–Kier alpha value is -0.400. The maximum Gasteiger partial charge on any atom is 0.150 e. The molecule has 72 valence electrons. The van der Waals surface area contributed by atoms with E-state index in [4.69, 9.17) is 0 Å². The van der Waals surface area contributed by atoms with Crippen molar-refractivity contribution in [1.82, 2.24) is 0 Å². The summed E-state index contributed by atoms with van der Waals surface area (Å²) in [7, 11) is 0. The van der Waals surface area contributed by atoms with Gasteiger partial charge in [-0.15, -0.1) is 0 Å². The SMILES string of the molecule is C=C[SH+]C(C)(C)c1ccccc1.[Cl-]. The Morgan fingerprint density at radius 3 is 2.23 bits per heavy atom. The van der Waals surface area contributed by atoms with Crippen molar-refractivity contribution in [1.29, 1.82) is 0 Å². The zero-order valence-corrected chi connectivity index (χ0v) is 9.65. The first-order valence-electron chi connectivity index (χ1n) is 4.05. The minimum Gasteiger partial charge on any atom is -1.00 e. The summed E-state index contributed by atoms with van der Waals surface area (Å²) in [6.45, 7) is 8.21. The average Bonchev–Trinajstić information content (AvgIpc) is 2.06. The molecule has 0 aromatic heterocycles. The van der Waals surface area contributed by atoms with E-state index in [-0.39, 0.29) is 17.2 Å². The van der Waals surface area contributed by atoms with Gasteiger partial charge in [-0.3, -0.25) is 0 Å². The molecule has 0 aliphatic rings. The molecule has 2 heteroatoms. The van der Waals surface area contributed by atoms with Crippen molar-refractivity contribution in [2.24, 2.45) is 0 Å². The van der Waals surface area contributed by atoms with Gasteiger partial charge in [-0.25, -0.2) is 0 Å². The lowest BCUT2D eigenvalue weighted by molar-refractivity contribution is -0.00000256.